The highest BCUT2D eigenvalue weighted by Gasteiger charge is 2.54. The van der Waals surface area contributed by atoms with Gasteiger partial charge < -0.3 is 9.64 Å². The van der Waals surface area contributed by atoms with Gasteiger partial charge in [0, 0.05) is 23.5 Å². The van der Waals surface area contributed by atoms with Gasteiger partial charge in [-0.2, -0.15) is 0 Å². The molecule has 0 bridgehead atoms. The number of aryl methyl sites for hydroxylation is 2. The van der Waals surface area contributed by atoms with E-state index in [1.807, 2.05) is 19.9 Å². The fourth-order valence-electron chi connectivity index (χ4n) is 3.76. The molecule has 0 spiro atoms. The summed E-state index contributed by atoms with van der Waals surface area (Å²) in [6.45, 7) is 5.18. The molecule has 2 aromatic rings. The van der Waals surface area contributed by atoms with E-state index in [1.165, 1.54) is 6.07 Å². The topological polar surface area (TPSA) is 55.3 Å². The third kappa shape index (κ3) is 2.98. The van der Waals surface area contributed by atoms with Gasteiger partial charge in [0.05, 0.1) is 18.6 Å². The molecule has 1 aromatic carbocycles. The molecule has 2 aliphatic rings. The van der Waals surface area contributed by atoms with Gasteiger partial charge in [-0.05, 0) is 38.8 Å². The molecule has 1 saturated heterocycles. The monoisotopic (exact) mass is 355 g/mol. The maximum Gasteiger partial charge on any atom is 0.233 e. The van der Waals surface area contributed by atoms with Gasteiger partial charge in [0.1, 0.15) is 11.9 Å². The highest BCUT2D eigenvalue weighted by Crippen LogP contribution is 2.50. The largest absolute Gasteiger partial charge is 0.367 e. The molecule has 1 saturated carbocycles. The smallest absolute Gasteiger partial charge is 0.233 e. The fraction of sp³-hybridized carbons (Fsp3) is 0.450. The number of carbonyl (C=O) groups is 1. The van der Waals surface area contributed by atoms with Gasteiger partial charge in [-0.25, -0.2) is 14.4 Å². The Balaban J connectivity index is 1.56. The number of nitrogens with zero attached hydrogens (tertiary/aromatic N) is 3. The van der Waals surface area contributed by atoms with Crippen LogP contribution in [0.1, 0.15) is 41.7 Å². The number of ether oxygens (including phenoxy) is 1. The van der Waals surface area contributed by atoms with Crippen molar-refractivity contribution in [2.45, 2.75) is 38.2 Å². The first-order valence-electron chi connectivity index (χ1n) is 8.98. The summed E-state index contributed by atoms with van der Waals surface area (Å²) in [5.74, 6) is 0.289. The van der Waals surface area contributed by atoms with Crippen LogP contribution in [-0.2, 0) is 14.9 Å². The van der Waals surface area contributed by atoms with Gasteiger partial charge in [0.15, 0.2) is 5.82 Å². The minimum atomic E-state index is -0.712. The fourth-order valence-corrected chi connectivity index (χ4v) is 3.76. The molecule has 0 unspecified atom stereocenters. The van der Waals surface area contributed by atoms with E-state index in [9.17, 15) is 9.18 Å². The van der Waals surface area contributed by atoms with E-state index in [2.05, 4.69) is 9.97 Å². The van der Waals surface area contributed by atoms with Crippen molar-refractivity contribution in [3.63, 3.8) is 0 Å². The number of amides is 1. The molecule has 2 heterocycles. The zero-order chi connectivity index (χ0) is 18.3. The summed E-state index contributed by atoms with van der Waals surface area (Å²) in [5.41, 5.74) is 1.56. The van der Waals surface area contributed by atoms with E-state index in [4.69, 9.17) is 4.74 Å². The second kappa shape index (κ2) is 6.43. The second-order valence-electron chi connectivity index (χ2n) is 7.18. The number of hydrogen-bond acceptors (Lipinski definition) is 4. The summed E-state index contributed by atoms with van der Waals surface area (Å²) in [4.78, 5) is 23.9. The summed E-state index contributed by atoms with van der Waals surface area (Å²) < 4.78 is 20.1. The Labute approximate surface area is 152 Å². The molecule has 136 valence electrons. The standard InChI is InChI=1S/C20H22FN3O2/c1-13-11-14(2)23-18(22-13)17-12-24(9-10-26-17)19(25)20(7-8-20)15-5-3-4-6-16(15)21/h3-6,11,17H,7-10,12H2,1-2H3/t17-/m0/s1. The van der Waals surface area contributed by atoms with Gasteiger partial charge in [-0.3, -0.25) is 4.79 Å². The molecule has 6 heteroatoms. The van der Waals surface area contributed by atoms with Crippen LogP contribution in [0.25, 0.3) is 0 Å². The molecule has 1 atom stereocenters. The molecule has 0 radical (unpaired) electrons. The van der Waals surface area contributed by atoms with E-state index in [0.29, 0.717) is 43.9 Å². The summed E-state index contributed by atoms with van der Waals surface area (Å²) in [6.07, 6.45) is 1.03. The Hall–Kier alpha value is -2.34. The Morgan fingerprint density at radius 1 is 1.23 bits per heavy atom. The highest BCUT2D eigenvalue weighted by molar-refractivity contribution is 5.91. The Kier molecular flexibility index (Phi) is 4.23. The van der Waals surface area contributed by atoms with E-state index in [1.54, 1.807) is 23.1 Å². The van der Waals surface area contributed by atoms with E-state index < -0.39 is 5.41 Å². The lowest BCUT2D eigenvalue weighted by Gasteiger charge is -2.35. The number of halogens is 1. The molecule has 1 aliphatic heterocycles. The van der Waals surface area contributed by atoms with Crippen LogP contribution in [0.3, 0.4) is 0 Å². The van der Waals surface area contributed by atoms with Crippen molar-refractivity contribution in [1.29, 1.82) is 0 Å². The molecule has 4 rings (SSSR count). The normalized spacial score (nSPS) is 21.5. The van der Waals surface area contributed by atoms with E-state index in [0.717, 1.165) is 11.4 Å². The lowest BCUT2D eigenvalue weighted by atomic mass is 9.93. The van der Waals surface area contributed by atoms with Crippen LogP contribution in [0.5, 0.6) is 0 Å². The van der Waals surface area contributed by atoms with E-state index >= 15 is 0 Å². The summed E-state index contributed by atoms with van der Waals surface area (Å²) >= 11 is 0. The van der Waals surface area contributed by atoms with Gasteiger partial charge in [0.25, 0.3) is 0 Å². The van der Waals surface area contributed by atoms with Crippen molar-refractivity contribution in [3.8, 4) is 0 Å². The van der Waals surface area contributed by atoms with Gasteiger partial charge >= 0.3 is 0 Å². The maximum absolute atomic E-state index is 14.3. The zero-order valence-corrected chi connectivity index (χ0v) is 15.0. The van der Waals surface area contributed by atoms with Crippen molar-refractivity contribution in [3.05, 3.63) is 58.9 Å². The molecule has 1 aromatic heterocycles. The molecular formula is C20H22FN3O2. The Bertz CT molecular complexity index is 830. The maximum atomic E-state index is 14.3. The van der Waals surface area contributed by atoms with Crippen molar-refractivity contribution in [1.82, 2.24) is 14.9 Å². The van der Waals surface area contributed by atoms with Gasteiger partial charge in [0.2, 0.25) is 5.91 Å². The first-order chi connectivity index (χ1) is 12.5. The molecule has 2 fully saturated rings. The number of rotatable bonds is 3. The molecular weight excluding hydrogens is 333 g/mol. The third-order valence-electron chi connectivity index (χ3n) is 5.19. The van der Waals surface area contributed by atoms with Crippen LogP contribution in [0.2, 0.25) is 0 Å². The van der Waals surface area contributed by atoms with Crippen molar-refractivity contribution in [2.75, 3.05) is 19.7 Å². The zero-order valence-electron chi connectivity index (χ0n) is 15.0. The first-order valence-corrected chi connectivity index (χ1v) is 8.98. The molecule has 26 heavy (non-hydrogen) atoms. The van der Waals surface area contributed by atoms with Crippen LogP contribution in [0.15, 0.2) is 30.3 Å². The van der Waals surface area contributed by atoms with Crippen LogP contribution in [0, 0.1) is 19.7 Å². The summed E-state index contributed by atoms with van der Waals surface area (Å²) in [6, 6.07) is 8.50. The van der Waals surface area contributed by atoms with Gasteiger partial charge in [-0.1, -0.05) is 18.2 Å². The number of aromatic nitrogens is 2. The SMILES string of the molecule is Cc1cc(C)nc([C@@H]2CN(C(=O)C3(c4ccccc4F)CC3)CCO2)n1. The number of morpholine rings is 1. The minimum absolute atomic E-state index is 0.0136. The predicted octanol–water partition coefficient (Wildman–Crippen LogP) is 2.86. The lowest BCUT2D eigenvalue weighted by Crippen LogP contribution is -2.47. The van der Waals surface area contributed by atoms with Crippen LogP contribution in [-0.4, -0.2) is 40.5 Å². The quantitative estimate of drug-likeness (QED) is 0.850. The van der Waals surface area contributed by atoms with Crippen molar-refractivity contribution >= 4 is 5.91 Å². The van der Waals surface area contributed by atoms with Gasteiger partial charge in [-0.15, -0.1) is 0 Å². The minimum Gasteiger partial charge on any atom is -0.367 e. The van der Waals surface area contributed by atoms with E-state index in [-0.39, 0.29) is 17.8 Å². The Morgan fingerprint density at radius 2 is 1.92 bits per heavy atom. The first kappa shape index (κ1) is 17.1. The van der Waals surface area contributed by atoms with Crippen molar-refractivity contribution < 1.29 is 13.9 Å². The summed E-state index contributed by atoms with van der Waals surface area (Å²) in [5, 5.41) is 0. The second-order valence-corrected chi connectivity index (χ2v) is 7.18. The summed E-state index contributed by atoms with van der Waals surface area (Å²) in [7, 11) is 0. The number of hydrogen-bond donors (Lipinski definition) is 0. The Morgan fingerprint density at radius 3 is 2.58 bits per heavy atom. The van der Waals surface area contributed by atoms with Crippen LogP contribution >= 0.6 is 0 Å². The van der Waals surface area contributed by atoms with Crippen LogP contribution in [0.4, 0.5) is 4.39 Å². The number of carbonyl (C=O) groups excluding carboxylic acids is 1. The third-order valence-corrected chi connectivity index (χ3v) is 5.19. The lowest BCUT2D eigenvalue weighted by molar-refractivity contribution is -0.142. The molecule has 1 amide bonds. The molecule has 1 aliphatic carbocycles. The molecule has 5 nitrogen and oxygen atoms in total. The average molecular weight is 355 g/mol. The predicted molar refractivity (Wildman–Crippen MR) is 94.1 cm³/mol. The molecule has 0 N–H and O–H groups in total. The van der Waals surface area contributed by atoms with Crippen LogP contribution < -0.4 is 0 Å². The average Bonchev–Trinajstić information content (AvgIpc) is 3.42. The highest BCUT2D eigenvalue weighted by atomic mass is 19.1. The number of benzene rings is 1. The van der Waals surface area contributed by atoms with Crippen molar-refractivity contribution in [2.24, 2.45) is 0 Å².